The zero-order valence-electron chi connectivity index (χ0n) is 8.10. The fourth-order valence-electron chi connectivity index (χ4n) is 1.12. The molecule has 0 aliphatic rings. The van der Waals surface area contributed by atoms with Crippen LogP contribution >= 0.6 is 0 Å². The van der Waals surface area contributed by atoms with Crippen LogP contribution in [0.15, 0.2) is 12.2 Å². The number of hydrogen-bond acceptors (Lipinski definition) is 1. The number of rotatable bonds is 6. The fourth-order valence-corrected chi connectivity index (χ4v) is 1.12. The summed E-state index contributed by atoms with van der Waals surface area (Å²) in [6, 6.07) is 0. The van der Waals surface area contributed by atoms with E-state index < -0.39 is 0 Å². The smallest absolute Gasteiger partial charge is 0.244 e. The Kier molecular flexibility index (Phi) is 5.43. The Morgan fingerprint density at radius 2 is 2.08 bits per heavy atom. The van der Waals surface area contributed by atoms with Crippen molar-refractivity contribution in [1.82, 2.24) is 0 Å². The summed E-state index contributed by atoms with van der Waals surface area (Å²) < 4.78 is 0. The van der Waals surface area contributed by atoms with Gasteiger partial charge in [0.05, 0.1) is 0 Å². The Morgan fingerprint density at radius 1 is 1.50 bits per heavy atom. The number of primary amides is 1. The molecular formula is C10H19NO. The normalized spacial score (nSPS) is 12.5. The first-order chi connectivity index (χ1) is 5.59. The molecule has 0 rings (SSSR count). The summed E-state index contributed by atoms with van der Waals surface area (Å²) in [6.45, 7) is 7.82. The fraction of sp³-hybridized carbons (Fsp3) is 0.700. The summed E-state index contributed by atoms with van der Waals surface area (Å²) in [6.07, 6.45) is 4.60. The van der Waals surface area contributed by atoms with Crippen molar-refractivity contribution in [1.29, 1.82) is 0 Å². The molecule has 0 fully saturated rings. The molecule has 0 spiro atoms. The van der Waals surface area contributed by atoms with Gasteiger partial charge in [0.1, 0.15) is 0 Å². The van der Waals surface area contributed by atoms with Gasteiger partial charge in [0.25, 0.3) is 0 Å². The van der Waals surface area contributed by atoms with Gasteiger partial charge in [-0.25, -0.2) is 0 Å². The highest BCUT2D eigenvalue weighted by molar-refractivity contribution is 5.91. The van der Waals surface area contributed by atoms with Gasteiger partial charge < -0.3 is 5.73 Å². The van der Waals surface area contributed by atoms with E-state index in [1.54, 1.807) is 0 Å². The molecule has 0 bridgehead atoms. The largest absolute Gasteiger partial charge is 0.366 e. The first-order valence-corrected chi connectivity index (χ1v) is 4.58. The summed E-state index contributed by atoms with van der Waals surface area (Å²) in [5.74, 6) is -0.118. The van der Waals surface area contributed by atoms with Crippen LogP contribution in [-0.2, 0) is 4.79 Å². The monoisotopic (exact) mass is 169 g/mol. The molecule has 12 heavy (non-hydrogen) atoms. The number of hydrogen-bond donors (Lipinski definition) is 1. The minimum atomic E-state index is -0.362. The van der Waals surface area contributed by atoms with Gasteiger partial charge >= 0.3 is 0 Å². The number of unbranched alkanes of at least 4 members (excludes halogenated alkanes) is 2. The maximum absolute atomic E-state index is 10.7. The van der Waals surface area contributed by atoms with Crippen LogP contribution < -0.4 is 5.73 Å². The van der Waals surface area contributed by atoms with Crippen LogP contribution in [0.2, 0.25) is 0 Å². The highest BCUT2D eigenvalue weighted by atomic mass is 16.1. The van der Waals surface area contributed by atoms with Gasteiger partial charge in [-0.1, -0.05) is 39.7 Å². The second kappa shape index (κ2) is 5.81. The van der Waals surface area contributed by atoms with Gasteiger partial charge in [-0.3, -0.25) is 4.79 Å². The third-order valence-electron chi connectivity index (χ3n) is 2.15. The number of carbonyl (C=O) groups is 1. The zero-order valence-corrected chi connectivity index (χ0v) is 8.10. The third-order valence-corrected chi connectivity index (χ3v) is 2.15. The van der Waals surface area contributed by atoms with Crippen LogP contribution in [0.5, 0.6) is 0 Å². The molecule has 70 valence electrons. The Hall–Kier alpha value is -0.790. The van der Waals surface area contributed by atoms with E-state index in [-0.39, 0.29) is 11.8 Å². The van der Waals surface area contributed by atoms with E-state index in [0.29, 0.717) is 5.57 Å². The maximum Gasteiger partial charge on any atom is 0.244 e. The SMILES string of the molecule is C=C(C(N)=O)C(C)CCCCC. The summed E-state index contributed by atoms with van der Waals surface area (Å²) in [5, 5.41) is 0. The number of nitrogens with two attached hydrogens (primary N) is 1. The van der Waals surface area contributed by atoms with Gasteiger partial charge in [-0.15, -0.1) is 0 Å². The molecular weight excluding hydrogens is 150 g/mol. The quantitative estimate of drug-likeness (QED) is 0.481. The summed E-state index contributed by atoms with van der Waals surface area (Å²) in [5.41, 5.74) is 5.66. The van der Waals surface area contributed by atoms with Crippen molar-refractivity contribution in [2.45, 2.75) is 39.5 Å². The molecule has 0 aliphatic heterocycles. The molecule has 2 nitrogen and oxygen atoms in total. The molecule has 0 saturated heterocycles. The molecule has 1 amide bonds. The Bertz CT molecular complexity index is 163. The van der Waals surface area contributed by atoms with E-state index in [1.165, 1.54) is 12.8 Å². The Balaban J connectivity index is 3.64. The average molecular weight is 169 g/mol. The topological polar surface area (TPSA) is 43.1 Å². The van der Waals surface area contributed by atoms with Crippen LogP contribution in [-0.4, -0.2) is 5.91 Å². The predicted molar refractivity (Wildman–Crippen MR) is 51.6 cm³/mol. The maximum atomic E-state index is 10.7. The molecule has 2 N–H and O–H groups in total. The standard InChI is InChI=1S/C10H19NO/c1-4-5-6-7-8(2)9(3)10(11)12/h8H,3-7H2,1-2H3,(H2,11,12). The summed E-state index contributed by atoms with van der Waals surface area (Å²) in [7, 11) is 0. The highest BCUT2D eigenvalue weighted by Crippen LogP contribution is 2.15. The van der Waals surface area contributed by atoms with Crippen molar-refractivity contribution in [2.75, 3.05) is 0 Å². The van der Waals surface area contributed by atoms with E-state index in [4.69, 9.17) is 5.73 Å². The molecule has 0 saturated carbocycles. The molecule has 1 unspecified atom stereocenters. The molecule has 0 aromatic rings. The van der Waals surface area contributed by atoms with Crippen LogP contribution in [0.3, 0.4) is 0 Å². The Labute approximate surface area is 74.8 Å². The van der Waals surface area contributed by atoms with Gasteiger partial charge in [0, 0.05) is 5.57 Å². The van der Waals surface area contributed by atoms with E-state index >= 15 is 0 Å². The van der Waals surface area contributed by atoms with Crippen molar-refractivity contribution in [3.8, 4) is 0 Å². The van der Waals surface area contributed by atoms with Crippen molar-refractivity contribution < 1.29 is 4.79 Å². The molecule has 0 aliphatic carbocycles. The van der Waals surface area contributed by atoms with Crippen molar-refractivity contribution in [2.24, 2.45) is 11.7 Å². The Morgan fingerprint density at radius 3 is 2.50 bits per heavy atom. The molecule has 0 aromatic heterocycles. The molecule has 0 heterocycles. The lowest BCUT2D eigenvalue weighted by Gasteiger charge is -2.10. The third kappa shape index (κ3) is 4.16. The molecule has 2 heteroatoms. The van der Waals surface area contributed by atoms with Crippen LogP contribution in [0, 0.1) is 5.92 Å². The molecule has 1 atom stereocenters. The van der Waals surface area contributed by atoms with Crippen molar-refractivity contribution in [3.63, 3.8) is 0 Å². The number of amides is 1. The van der Waals surface area contributed by atoms with Gasteiger partial charge in [0.2, 0.25) is 5.91 Å². The lowest BCUT2D eigenvalue weighted by Crippen LogP contribution is -2.18. The van der Waals surface area contributed by atoms with Crippen LogP contribution in [0.25, 0.3) is 0 Å². The van der Waals surface area contributed by atoms with Gasteiger partial charge in [-0.05, 0) is 12.3 Å². The van der Waals surface area contributed by atoms with Crippen LogP contribution in [0.1, 0.15) is 39.5 Å². The first kappa shape index (κ1) is 11.2. The summed E-state index contributed by atoms with van der Waals surface area (Å²) in [4.78, 5) is 10.7. The lowest BCUT2D eigenvalue weighted by atomic mass is 9.96. The van der Waals surface area contributed by atoms with E-state index in [0.717, 1.165) is 12.8 Å². The zero-order chi connectivity index (χ0) is 9.56. The minimum Gasteiger partial charge on any atom is -0.366 e. The second-order valence-electron chi connectivity index (χ2n) is 3.29. The lowest BCUT2D eigenvalue weighted by molar-refractivity contribution is -0.115. The van der Waals surface area contributed by atoms with Crippen molar-refractivity contribution >= 4 is 5.91 Å². The average Bonchev–Trinajstić information content (AvgIpc) is 2.03. The first-order valence-electron chi connectivity index (χ1n) is 4.58. The van der Waals surface area contributed by atoms with E-state index in [2.05, 4.69) is 13.5 Å². The number of carbonyl (C=O) groups excluding carboxylic acids is 1. The summed E-state index contributed by atoms with van der Waals surface area (Å²) >= 11 is 0. The van der Waals surface area contributed by atoms with Gasteiger partial charge in [0.15, 0.2) is 0 Å². The molecule has 0 aromatic carbocycles. The van der Waals surface area contributed by atoms with E-state index in [1.807, 2.05) is 6.92 Å². The van der Waals surface area contributed by atoms with Crippen LogP contribution in [0.4, 0.5) is 0 Å². The van der Waals surface area contributed by atoms with E-state index in [9.17, 15) is 4.79 Å². The second-order valence-corrected chi connectivity index (χ2v) is 3.29. The predicted octanol–water partition coefficient (Wildman–Crippen LogP) is 2.24. The minimum absolute atomic E-state index is 0.244. The molecule has 0 radical (unpaired) electrons. The van der Waals surface area contributed by atoms with Crippen molar-refractivity contribution in [3.05, 3.63) is 12.2 Å². The highest BCUT2D eigenvalue weighted by Gasteiger charge is 2.10. The van der Waals surface area contributed by atoms with Gasteiger partial charge in [-0.2, -0.15) is 0 Å².